The maximum atomic E-state index is 11.9. The molecular weight excluding hydrogens is 316 g/mol. The fraction of sp³-hybridized carbons (Fsp3) is 0.444. The van der Waals surface area contributed by atoms with Gasteiger partial charge in [-0.1, -0.05) is 6.07 Å². The van der Waals surface area contributed by atoms with Gasteiger partial charge in [-0.25, -0.2) is 9.97 Å². The highest BCUT2D eigenvalue weighted by Crippen LogP contribution is 2.09. The molecule has 3 rings (SSSR count). The van der Waals surface area contributed by atoms with E-state index in [1.54, 1.807) is 18.6 Å². The summed E-state index contributed by atoms with van der Waals surface area (Å²) in [7, 11) is 0. The van der Waals surface area contributed by atoms with Gasteiger partial charge >= 0.3 is 0 Å². The van der Waals surface area contributed by atoms with Gasteiger partial charge in [0.2, 0.25) is 11.9 Å². The lowest BCUT2D eigenvalue weighted by Crippen LogP contribution is -2.49. The Hall–Kier alpha value is -2.54. The lowest BCUT2D eigenvalue weighted by Gasteiger charge is -2.34. The Morgan fingerprint density at radius 2 is 1.88 bits per heavy atom. The van der Waals surface area contributed by atoms with Crippen LogP contribution in [-0.4, -0.2) is 65.0 Å². The molecule has 0 bridgehead atoms. The molecule has 132 valence electrons. The van der Waals surface area contributed by atoms with E-state index in [2.05, 4.69) is 30.1 Å². The number of hydrogen-bond acceptors (Lipinski definition) is 6. The lowest BCUT2D eigenvalue weighted by molar-refractivity contribution is -0.121. The van der Waals surface area contributed by atoms with Crippen LogP contribution in [-0.2, 0) is 11.2 Å². The highest BCUT2D eigenvalue weighted by Gasteiger charge is 2.18. The number of anilines is 1. The van der Waals surface area contributed by atoms with Gasteiger partial charge in [-0.15, -0.1) is 0 Å². The predicted molar refractivity (Wildman–Crippen MR) is 96.3 cm³/mol. The predicted octanol–water partition coefficient (Wildman–Crippen LogP) is 0.743. The average Bonchev–Trinajstić information content (AvgIpc) is 2.68. The molecule has 0 radical (unpaired) electrons. The highest BCUT2D eigenvalue weighted by molar-refractivity contribution is 5.76. The van der Waals surface area contributed by atoms with Gasteiger partial charge in [0.1, 0.15) is 0 Å². The first-order chi connectivity index (χ1) is 12.3. The monoisotopic (exact) mass is 340 g/mol. The van der Waals surface area contributed by atoms with E-state index in [1.165, 1.54) is 0 Å². The van der Waals surface area contributed by atoms with Gasteiger partial charge in [-0.05, 0) is 24.1 Å². The average molecular weight is 340 g/mol. The van der Waals surface area contributed by atoms with Gasteiger partial charge in [0.05, 0.1) is 0 Å². The number of hydrogen-bond donors (Lipinski definition) is 1. The molecule has 1 saturated heterocycles. The minimum Gasteiger partial charge on any atom is -0.355 e. The quantitative estimate of drug-likeness (QED) is 0.801. The van der Waals surface area contributed by atoms with E-state index in [0.29, 0.717) is 13.0 Å². The molecule has 0 atom stereocenters. The maximum absolute atomic E-state index is 11.9. The van der Waals surface area contributed by atoms with Crippen LogP contribution in [0.15, 0.2) is 43.0 Å². The van der Waals surface area contributed by atoms with Gasteiger partial charge in [0, 0.05) is 70.5 Å². The van der Waals surface area contributed by atoms with Crippen molar-refractivity contribution in [1.82, 2.24) is 25.2 Å². The number of carbonyl (C=O) groups excluding carboxylic acids is 1. The number of nitrogens with one attached hydrogen (secondary N) is 1. The largest absolute Gasteiger partial charge is 0.355 e. The standard InChI is InChI=1S/C18H24N6O/c25-17(5-4-16-3-1-6-19-15-16)20-9-10-23-11-13-24(14-12-23)18-21-7-2-8-22-18/h1-3,6-8,15H,4-5,9-14H2,(H,20,25). The van der Waals surface area contributed by atoms with Crippen molar-refractivity contribution >= 4 is 11.9 Å². The van der Waals surface area contributed by atoms with Crippen LogP contribution in [0.1, 0.15) is 12.0 Å². The number of aryl methyl sites for hydroxylation is 1. The molecule has 1 fully saturated rings. The maximum Gasteiger partial charge on any atom is 0.225 e. The van der Waals surface area contributed by atoms with Crippen LogP contribution in [0.4, 0.5) is 5.95 Å². The zero-order chi connectivity index (χ0) is 17.3. The molecule has 2 aromatic heterocycles. The number of pyridine rings is 1. The molecule has 7 heteroatoms. The van der Waals surface area contributed by atoms with Crippen molar-refractivity contribution in [1.29, 1.82) is 0 Å². The molecule has 2 aromatic rings. The van der Waals surface area contributed by atoms with E-state index in [4.69, 9.17) is 0 Å². The molecule has 25 heavy (non-hydrogen) atoms. The lowest BCUT2D eigenvalue weighted by atomic mass is 10.1. The van der Waals surface area contributed by atoms with Gasteiger partial charge in [0.25, 0.3) is 0 Å². The number of piperazine rings is 1. The van der Waals surface area contributed by atoms with Crippen molar-refractivity contribution in [2.75, 3.05) is 44.2 Å². The molecule has 0 spiro atoms. The van der Waals surface area contributed by atoms with Crippen LogP contribution < -0.4 is 10.2 Å². The second kappa shape index (κ2) is 9.08. The number of nitrogens with zero attached hydrogens (tertiary/aromatic N) is 5. The minimum atomic E-state index is 0.0974. The Morgan fingerprint density at radius 3 is 2.60 bits per heavy atom. The third kappa shape index (κ3) is 5.49. The second-order valence-corrected chi connectivity index (χ2v) is 6.09. The van der Waals surface area contributed by atoms with Crippen LogP contribution in [0, 0.1) is 0 Å². The van der Waals surface area contributed by atoms with Crippen molar-refractivity contribution in [2.24, 2.45) is 0 Å². The first-order valence-corrected chi connectivity index (χ1v) is 8.71. The molecule has 0 unspecified atom stereocenters. The molecule has 1 N–H and O–H groups in total. The summed E-state index contributed by atoms with van der Waals surface area (Å²) in [5.74, 6) is 0.894. The Morgan fingerprint density at radius 1 is 1.08 bits per heavy atom. The van der Waals surface area contributed by atoms with Crippen LogP contribution in [0.5, 0.6) is 0 Å². The number of amides is 1. The summed E-state index contributed by atoms with van der Waals surface area (Å²) in [6.07, 6.45) is 8.34. The van der Waals surface area contributed by atoms with Gasteiger partial charge in [-0.3, -0.25) is 14.7 Å². The zero-order valence-corrected chi connectivity index (χ0v) is 14.3. The first kappa shape index (κ1) is 17.3. The molecule has 0 aromatic carbocycles. The van der Waals surface area contributed by atoms with E-state index in [0.717, 1.165) is 50.7 Å². The fourth-order valence-corrected chi connectivity index (χ4v) is 2.87. The van der Waals surface area contributed by atoms with Crippen molar-refractivity contribution < 1.29 is 4.79 Å². The van der Waals surface area contributed by atoms with Gasteiger partial charge < -0.3 is 10.2 Å². The van der Waals surface area contributed by atoms with Gasteiger partial charge in [0.15, 0.2) is 0 Å². The van der Waals surface area contributed by atoms with Crippen molar-refractivity contribution in [2.45, 2.75) is 12.8 Å². The minimum absolute atomic E-state index is 0.0974. The summed E-state index contributed by atoms with van der Waals surface area (Å²) < 4.78 is 0. The molecule has 0 aliphatic carbocycles. The highest BCUT2D eigenvalue weighted by atomic mass is 16.1. The first-order valence-electron chi connectivity index (χ1n) is 8.71. The SMILES string of the molecule is O=C(CCc1cccnc1)NCCN1CCN(c2ncccn2)CC1. The molecule has 7 nitrogen and oxygen atoms in total. The van der Waals surface area contributed by atoms with Crippen LogP contribution >= 0.6 is 0 Å². The van der Waals surface area contributed by atoms with Crippen molar-refractivity contribution in [3.8, 4) is 0 Å². The Balaban J connectivity index is 1.30. The number of aromatic nitrogens is 3. The summed E-state index contributed by atoms with van der Waals surface area (Å²) in [6, 6.07) is 5.72. The fourth-order valence-electron chi connectivity index (χ4n) is 2.87. The summed E-state index contributed by atoms with van der Waals surface area (Å²) in [6.45, 7) is 5.32. The Kier molecular flexibility index (Phi) is 6.28. The summed E-state index contributed by atoms with van der Waals surface area (Å²) in [4.78, 5) is 29.1. The summed E-state index contributed by atoms with van der Waals surface area (Å²) >= 11 is 0. The van der Waals surface area contributed by atoms with Crippen molar-refractivity contribution in [3.63, 3.8) is 0 Å². The van der Waals surface area contributed by atoms with E-state index < -0.39 is 0 Å². The molecule has 1 aliphatic rings. The molecule has 0 saturated carbocycles. The molecule has 1 amide bonds. The molecule has 1 aliphatic heterocycles. The van der Waals surface area contributed by atoms with Crippen LogP contribution in [0.2, 0.25) is 0 Å². The topological polar surface area (TPSA) is 74.2 Å². The Bertz CT molecular complexity index is 643. The van der Waals surface area contributed by atoms with E-state index >= 15 is 0 Å². The number of carbonyl (C=O) groups is 1. The zero-order valence-electron chi connectivity index (χ0n) is 14.3. The van der Waals surface area contributed by atoms with Gasteiger partial charge in [-0.2, -0.15) is 0 Å². The summed E-state index contributed by atoms with van der Waals surface area (Å²) in [5, 5.41) is 3.00. The van der Waals surface area contributed by atoms with E-state index in [1.807, 2.05) is 24.4 Å². The summed E-state index contributed by atoms with van der Waals surface area (Å²) in [5.41, 5.74) is 1.09. The van der Waals surface area contributed by atoms with E-state index in [-0.39, 0.29) is 5.91 Å². The van der Waals surface area contributed by atoms with Crippen LogP contribution in [0.3, 0.4) is 0 Å². The van der Waals surface area contributed by atoms with Crippen molar-refractivity contribution in [3.05, 3.63) is 48.5 Å². The Labute approximate surface area is 148 Å². The molecular formula is C18H24N6O. The molecule has 3 heterocycles. The van der Waals surface area contributed by atoms with Crippen LogP contribution in [0.25, 0.3) is 0 Å². The third-order valence-electron chi connectivity index (χ3n) is 4.32. The number of rotatable bonds is 7. The second-order valence-electron chi connectivity index (χ2n) is 6.09. The third-order valence-corrected chi connectivity index (χ3v) is 4.32. The smallest absolute Gasteiger partial charge is 0.225 e. The normalized spacial score (nSPS) is 15.1. The van der Waals surface area contributed by atoms with E-state index in [9.17, 15) is 4.79 Å².